The van der Waals surface area contributed by atoms with Crippen LogP contribution in [0.15, 0.2) is 65.7 Å². The number of benzene rings is 2. The normalized spacial score (nSPS) is 27.3. The van der Waals surface area contributed by atoms with Gasteiger partial charge in [-0.2, -0.15) is 0 Å². The fourth-order valence-corrected chi connectivity index (χ4v) is 3.33. The Morgan fingerprint density at radius 3 is 2.52 bits per heavy atom. The van der Waals surface area contributed by atoms with Gasteiger partial charge in [-0.1, -0.05) is 60.7 Å². The highest BCUT2D eigenvalue weighted by molar-refractivity contribution is 5.99. The largest absolute Gasteiger partial charge is 0.379 e. The summed E-state index contributed by atoms with van der Waals surface area (Å²) in [4.78, 5) is 4.97. The smallest absolute Gasteiger partial charge is 0.143 e. The van der Waals surface area contributed by atoms with Crippen LogP contribution in [0, 0.1) is 0 Å². The molecule has 2 aromatic carbocycles. The molecular formula is C19H21N3O. The van der Waals surface area contributed by atoms with Gasteiger partial charge in [0, 0.05) is 18.7 Å². The maximum atomic E-state index is 5.83. The zero-order valence-corrected chi connectivity index (χ0v) is 13.1. The summed E-state index contributed by atoms with van der Waals surface area (Å²) in [5.74, 6) is 0.938. The predicted octanol–water partition coefficient (Wildman–Crippen LogP) is 2.78. The Balaban J connectivity index is 1.73. The van der Waals surface area contributed by atoms with Gasteiger partial charge in [0.1, 0.15) is 5.84 Å². The number of amidine groups is 1. The maximum absolute atomic E-state index is 5.83. The highest BCUT2D eigenvalue weighted by Gasteiger charge is 2.35. The molecule has 2 aromatic rings. The van der Waals surface area contributed by atoms with E-state index in [-0.39, 0.29) is 12.1 Å². The summed E-state index contributed by atoms with van der Waals surface area (Å²) in [7, 11) is 0. The van der Waals surface area contributed by atoms with Crippen LogP contribution in [0.3, 0.4) is 0 Å². The lowest BCUT2D eigenvalue weighted by Crippen LogP contribution is -2.54. The summed E-state index contributed by atoms with van der Waals surface area (Å²) < 4.78 is 5.83. The molecule has 0 amide bonds. The van der Waals surface area contributed by atoms with Crippen molar-refractivity contribution in [2.24, 2.45) is 4.99 Å². The first kappa shape index (κ1) is 14.4. The van der Waals surface area contributed by atoms with Crippen LogP contribution in [-0.4, -0.2) is 36.6 Å². The molecule has 0 aromatic heterocycles. The number of hydrazine groups is 1. The van der Waals surface area contributed by atoms with E-state index in [1.54, 1.807) is 0 Å². The van der Waals surface area contributed by atoms with Gasteiger partial charge < -0.3 is 10.2 Å². The number of hydrogen-bond acceptors (Lipinski definition) is 4. The number of fused-ring (bicyclic) bond motifs is 2. The van der Waals surface area contributed by atoms with Crippen LogP contribution in [0.2, 0.25) is 0 Å². The number of ether oxygens (including phenoxy) is 1. The SMILES string of the molecule is c1ccc(C2=NC3COCCCN(N2)C3c2ccccc2)cc1. The minimum Gasteiger partial charge on any atom is -0.379 e. The molecule has 0 aliphatic carbocycles. The molecule has 4 rings (SSSR count). The number of aliphatic imine (C=N–C) groups is 1. The Labute approximate surface area is 136 Å². The third kappa shape index (κ3) is 3.00. The predicted molar refractivity (Wildman–Crippen MR) is 91.2 cm³/mol. The summed E-state index contributed by atoms with van der Waals surface area (Å²) in [5.41, 5.74) is 5.95. The molecule has 1 saturated heterocycles. The van der Waals surface area contributed by atoms with Gasteiger partial charge in [0.15, 0.2) is 0 Å². The molecule has 2 bridgehead atoms. The number of rotatable bonds is 2. The van der Waals surface area contributed by atoms with Crippen molar-refractivity contribution >= 4 is 5.84 Å². The van der Waals surface area contributed by atoms with Crippen molar-refractivity contribution in [1.29, 1.82) is 0 Å². The third-order valence-electron chi connectivity index (χ3n) is 4.41. The fraction of sp³-hybridized carbons (Fsp3) is 0.316. The number of nitrogens with zero attached hydrogens (tertiary/aromatic N) is 2. The lowest BCUT2D eigenvalue weighted by molar-refractivity contribution is 0.0242. The lowest BCUT2D eigenvalue weighted by atomic mass is 9.97. The van der Waals surface area contributed by atoms with Crippen molar-refractivity contribution in [3.8, 4) is 0 Å². The molecular weight excluding hydrogens is 286 g/mol. The quantitative estimate of drug-likeness (QED) is 0.927. The van der Waals surface area contributed by atoms with E-state index in [0.29, 0.717) is 6.61 Å². The molecule has 4 nitrogen and oxygen atoms in total. The molecule has 4 heteroatoms. The molecule has 0 radical (unpaired) electrons. The molecule has 3 unspecified atom stereocenters. The van der Waals surface area contributed by atoms with Gasteiger partial charge in [-0.3, -0.25) is 4.99 Å². The Morgan fingerprint density at radius 1 is 1.00 bits per heavy atom. The van der Waals surface area contributed by atoms with Crippen LogP contribution in [0.5, 0.6) is 0 Å². The second-order valence-corrected chi connectivity index (χ2v) is 6.00. The van der Waals surface area contributed by atoms with Crippen LogP contribution < -0.4 is 5.43 Å². The van der Waals surface area contributed by atoms with E-state index in [9.17, 15) is 0 Å². The molecule has 23 heavy (non-hydrogen) atoms. The van der Waals surface area contributed by atoms with Gasteiger partial charge in [0.05, 0.1) is 18.7 Å². The van der Waals surface area contributed by atoms with E-state index in [1.807, 2.05) is 18.2 Å². The van der Waals surface area contributed by atoms with E-state index in [0.717, 1.165) is 31.0 Å². The Bertz CT molecular complexity index is 672. The van der Waals surface area contributed by atoms with Crippen LogP contribution in [0.25, 0.3) is 0 Å². The Morgan fingerprint density at radius 2 is 1.74 bits per heavy atom. The van der Waals surface area contributed by atoms with Gasteiger partial charge >= 0.3 is 0 Å². The van der Waals surface area contributed by atoms with Crippen LogP contribution >= 0.6 is 0 Å². The molecule has 1 N–H and O–H groups in total. The van der Waals surface area contributed by atoms with Crippen molar-refractivity contribution in [2.45, 2.75) is 18.5 Å². The first-order valence-corrected chi connectivity index (χ1v) is 8.21. The number of hydrogen-bond donors (Lipinski definition) is 1. The molecule has 0 spiro atoms. The van der Waals surface area contributed by atoms with Gasteiger partial charge in [-0.25, -0.2) is 5.01 Å². The van der Waals surface area contributed by atoms with Crippen LogP contribution in [0.1, 0.15) is 23.6 Å². The van der Waals surface area contributed by atoms with E-state index in [1.165, 1.54) is 5.56 Å². The summed E-state index contributed by atoms with van der Waals surface area (Å²) in [6, 6.07) is 21.2. The topological polar surface area (TPSA) is 36.9 Å². The monoisotopic (exact) mass is 307 g/mol. The van der Waals surface area contributed by atoms with E-state index < -0.39 is 0 Å². The van der Waals surface area contributed by atoms with E-state index in [4.69, 9.17) is 9.73 Å². The standard InChI is InChI=1S/C19H21N3O/c1-3-8-15(9-4-1)18-17-14-23-13-7-12-22(18)21-19(20-17)16-10-5-2-6-11-16/h1-6,8-11,17-18H,7,12-14H2,(H,20,21). The first-order chi connectivity index (χ1) is 11.4. The van der Waals surface area contributed by atoms with Crippen LogP contribution in [-0.2, 0) is 4.74 Å². The highest BCUT2D eigenvalue weighted by Crippen LogP contribution is 2.30. The van der Waals surface area contributed by atoms with E-state index >= 15 is 0 Å². The summed E-state index contributed by atoms with van der Waals surface area (Å²) in [6.45, 7) is 2.41. The van der Waals surface area contributed by atoms with Crippen molar-refractivity contribution in [3.05, 3.63) is 71.8 Å². The molecule has 2 aliphatic rings. The minimum absolute atomic E-state index is 0.106. The highest BCUT2D eigenvalue weighted by atomic mass is 16.5. The summed E-state index contributed by atoms with van der Waals surface area (Å²) >= 11 is 0. The molecule has 2 aliphatic heterocycles. The molecule has 1 fully saturated rings. The molecule has 3 atom stereocenters. The second-order valence-electron chi connectivity index (χ2n) is 6.00. The van der Waals surface area contributed by atoms with Crippen LogP contribution in [0.4, 0.5) is 0 Å². The Kier molecular flexibility index (Phi) is 4.09. The third-order valence-corrected chi connectivity index (χ3v) is 4.41. The van der Waals surface area contributed by atoms with Crippen molar-refractivity contribution in [2.75, 3.05) is 19.8 Å². The van der Waals surface area contributed by atoms with Crippen molar-refractivity contribution in [1.82, 2.24) is 10.4 Å². The average molecular weight is 307 g/mol. The molecule has 0 saturated carbocycles. The first-order valence-electron chi connectivity index (χ1n) is 8.21. The Hall–Kier alpha value is -2.17. The summed E-state index contributed by atoms with van der Waals surface area (Å²) in [6.07, 6.45) is 1.02. The van der Waals surface area contributed by atoms with Gasteiger partial charge in [-0.15, -0.1) is 0 Å². The number of nitrogens with one attached hydrogen (secondary N) is 1. The summed E-state index contributed by atoms with van der Waals surface area (Å²) in [5, 5.41) is 2.33. The van der Waals surface area contributed by atoms with Gasteiger partial charge in [0.25, 0.3) is 0 Å². The van der Waals surface area contributed by atoms with E-state index in [2.05, 4.69) is 52.9 Å². The fourth-order valence-electron chi connectivity index (χ4n) is 3.33. The van der Waals surface area contributed by atoms with Gasteiger partial charge in [-0.05, 0) is 12.0 Å². The van der Waals surface area contributed by atoms with Crippen molar-refractivity contribution in [3.63, 3.8) is 0 Å². The maximum Gasteiger partial charge on any atom is 0.143 e. The molecule has 118 valence electrons. The zero-order chi connectivity index (χ0) is 15.5. The second kappa shape index (κ2) is 6.52. The zero-order valence-electron chi connectivity index (χ0n) is 13.1. The average Bonchev–Trinajstić information content (AvgIpc) is 2.62. The van der Waals surface area contributed by atoms with Crippen molar-refractivity contribution < 1.29 is 4.74 Å². The lowest BCUT2D eigenvalue weighted by Gasteiger charge is -2.42. The van der Waals surface area contributed by atoms with Gasteiger partial charge in [0.2, 0.25) is 0 Å². The molecule has 2 heterocycles. The minimum atomic E-state index is 0.106.